The minimum Gasteiger partial charge on any atom is -0.349 e. The van der Waals surface area contributed by atoms with Crippen LogP contribution in [0.1, 0.15) is 44.0 Å². The van der Waals surface area contributed by atoms with Crippen LogP contribution in [0.2, 0.25) is 0 Å². The normalized spacial score (nSPS) is 11.4. The van der Waals surface area contributed by atoms with Gasteiger partial charge in [-0.15, -0.1) is 0 Å². The summed E-state index contributed by atoms with van der Waals surface area (Å²) >= 11 is 0. The van der Waals surface area contributed by atoms with Gasteiger partial charge in [0.2, 0.25) is 0 Å². The third-order valence-electron chi connectivity index (χ3n) is 4.34. The van der Waals surface area contributed by atoms with Gasteiger partial charge in [-0.1, -0.05) is 38.1 Å². The molecule has 2 aromatic rings. The lowest BCUT2D eigenvalue weighted by Gasteiger charge is -2.23. The molecular weight excluding hydrogens is 348 g/mol. The molecule has 0 atom stereocenters. The summed E-state index contributed by atoms with van der Waals surface area (Å²) < 4.78 is 27.5. The number of sulfonamides is 1. The van der Waals surface area contributed by atoms with Crippen molar-refractivity contribution in [2.24, 2.45) is 0 Å². The SMILES string of the molecule is CCC(CC)NC(=O)c1cccc(S(=O)(=O)N(CC)c2ccccc2)c1. The molecule has 140 valence electrons. The third-order valence-corrected chi connectivity index (χ3v) is 6.24. The zero-order chi connectivity index (χ0) is 19.2. The van der Waals surface area contributed by atoms with Crippen LogP contribution in [0.25, 0.3) is 0 Å². The third kappa shape index (κ3) is 4.43. The number of nitrogens with zero attached hydrogens (tertiary/aromatic N) is 1. The van der Waals surface area contributed by atoms with Gasteiger partial charge in [0.1, 0.15) is 0 Å². The molecule has 0 spiro atoms. The van der Waals surface area contributed by atoms with Crippen LogP contribution < -0.4 is 9.62 Å². The van der Waals surface area contributed by atoms with E-state index in [1.165, 1.54) is 16.4 Å². The number of hydrogen-bond acceptors (Lipinski definition) is 3. The van der Waals surface area contributed by atoms with E-state index in [1.54, 1.807) is 43.3 Å². The zero-order valence-electron chi connectivity index (χ0n) is 15.5. The van der Waals surface area contributed by atoms with E-state index in [0.717, 1.165) is 12.8 Å². The fraction of sp³-hybridized carbons (Fsp3) is 0.350. The first-order valence-electron chi connectivity index (χ1n) is 8.92. The fourth-order valence-electron chi connectivity index (χ4n) is 2.77. The second-order valence-electron chi connectivity index (χ2n) is 6.02. The monoisotopic (exact) mass is 374 g/mol. The number of para-hydroxylation sites is 1. The lowest BCUT2D eigenvalue weighted by molar-refractivity contribution is 0.0934. The summed E-state index contributed by atoms with van der Waals surface area (Å²) in [5, 5.41) is 2.94. The van der Waals surface area contributed by atoms with Crippen LogP contribution in [-0.4, -0.2) is 26.9 Å². The largest absolute Gasteiger partial charge is 0.349 e. The van der Waals surface area contributed by atoms with Crippen molar-refractivity contribution in [3.05, 3.63) is 60.2 Å². The number of nitrogens with one attached hydrogen (secondary N) is 1. The average Bonchev–Trinajstić information content (AvgIpc) is 2.67. The first-order valence-corrected chi connectivity index (χ1v) is 10.4. The Bertz CT molecular complexity index is 831. The maximum atomic E-state index is 13.1. The van der Waals surface area contributed by atoms with E-state index in [4.69, 9.17) is 0 Å². The van der Waals surface area contributed by atoms with Crippen molar-refractivity contribution in [3.63, 3.8) is 0 Å². The van der Waals surface area contributed by atoms with Gasteiger partial charge in [0.05, 0.1) is 10.6 Å². The summed E-state index contributed by atoms with van der Waals surface area (Å²) in [4.78, 5) is 12.6. The first kappa shape index (κ1) is 20.0. The summed E-state index contributed by atoms with van der Waals surface area (Å²) in [6, 6.07) is 15.2. The predicted octanol–water partition coefficient (Wildman–Crippen LogP) is 3.82. The average molecular weight is 375 g/mol. The molecule has 0 saturated carbocycles. The quantitative estimate of drug-likeness (QED) is 0.764. The van der Waals surface area contributed by atoms with Gasteiger partial charge in [-0.2, -0.15) is 0 Å². The van der Waals surface area contributed by atoms with Crippen LogP contribution in [0.15, 0.2) is 59.5 Å². The number of anilines is 1. The highest BCUT2D eigenvalue weighted by atomic mass is 32.2. The number of carbonyl (C=O) groups excluding carboxylic acids is 1. The Kier molecular flexibility index (Phi) is 6.80. The number of carbonyl (C=O) groups is 1. The van der Waals surface area contributed by atoms with E-state index < -0.39 is 10.0 Å². The second-order valence-corrected chi connectivity index (χ2v) is 7.88. The van der Waals surface area contributed by atoms with E-state index in [0.29, 0.717) is 17.8 Å². The molecule has 0 aliphatic carbocycles. The molecule has 6 heteroatoms. The maximum absolute atomic E-state index is 13.1. The van der Waals surface area contributed by atoms with E-state index in [9.17, 15) is 13.2 Å². The lowest BCUT2D eigenvalue weighted by Crippen LogP contribution is -2.34. The molecule has 0 fully saturated rings. The Balaban J connectivity index is 2.34. The van der Waals surface area contributed by atoms with Gasteiger partial charge in [-0.3, -0.25) is 9.10 Å². The summed E-state index contributed by atoms with van der Waals surface area (Å²) in [7, 11) is -3.75. The summed E-state index contributed by atoms with van der Waals surface area (Å²) in [6.07, 6.45) is 1.66. The minimum atomic E-state index is -3.75. The summed E-state index contributed by atoms with van der Waals surface area (Å²) in [5.41, 5.74) is 0.948. The molecule has 0 saturated heterocycles. The Morgan fingerprint density at radius 2 is 1.65 bits per heavy atom. The molecule has 0 bridgehead atoms. The van der Waals surface area contributed by atoms with Gasteiger partial charge in [-0.25, -0.2) is 8.42 Å². The van der Waals surface area contributed by atoms with Crippen molar-refractivity contribution >= 4 is 21.6 Å². The van der Waals surface area contributed by atoms with Crippen molar-refractivity contribution in [1.29, 1.82) is 0 Å². The molecule has 0 aliphatic rings. The standard InChI is InChI=1S/C20H26N2O3S/c1-4-17(5-2)21-20(23)16-11-10-14-19(15-16)26(24,25)22(6-3)18-12-8-7-9-13-18/h7-15,17H,4-6H2,1-3H3,(H,21,23). The van der Waals surface area contributed by atoms with Crippen LogP contribution in [-0.2, 0) is 10.0 Å². The van der Waals surface area contributed by atoms with Gasteiger partial charge in [-0.05, 0) is 50.1 Å². The topological polar surface area (TPSA) is 66.5 Å². The zero-order valence-corrected chi connectivity index (χ0v) is 16.3. The molecule has 0 heterocycles. The van der Waals surface area contributed by atoms with E-state index in [1.807, 2.05) is 19.9 Å². The Morgan fingerprint density at radius 1 is 1.00 bits per heavy atom. The fourth-order valence-corrected chi connectivity index (χ4v) is 4.29. The van der Waals surface area contributed by atoms with Crippen molar-refractivity contribution in [1.82, 2.24) is 5.32 Å². The van der Waals surface area contributed by atoms with E-state index in [-0.39, 0.29) is 16.8 Å². The van der Waals surface area contributed by atoms with E-state index >= 15 is 0 Å². The molecule has 5 nitrogen and oxygen atoms in total. The predicted molar refractivity (Wildman–Crippen MR) is 105 cm³/mol. The molecule has 0 aromatic heterocycles. The van der Waals surface area contributed by atoms with Crippen molar-refractivity contribution in [2.45, 2.75) is 44.6 Å². The van der Waals surface area contributed by atoms with E-state index in [2.05, 4.69) is 5.32 Å². The Labute approximate surface area is 156 Å². The molecule has 1 amide bonds. The molecule has 0 aliphatic heterocycles. The second kappa shape index (κ2) is 8.85. The molecule has 1 N–H and O–H groups in total. The van der Waals surface area contributed by atoms with Gasteiger partial charge < -0.3 is 5.32 Å². The number of rotatable bonds is 8. The van der Waals surface area contributed by atoms with Gasteiger partial charge in [0, 0.05) is 18.2 Å². The smallest absolute Gasteiger partial charge is 0.264 e. The number of hydrogen-bond donors (Lipinski definition) is 1. The van der Waals surface area contributed by atoms with Crippen molar-refractivity contribution < 1.29 is 13.2 Å². The molecular formula is C20H26N2O3S. The molecule has 0 radical (unpaired) electrons. The van der Waals surface area contributed by atoms with Gasteiger partial charge >= 0.3 is 0 Å². The minimum absolute atomic E-state index is 0.0826. The van der Waals surface area contributed by atoms with Crippen molar-refractivity contribution in [3.8, 4) is 0 Å². The summed E-state index contributed by atoms with van der Waals surface area (Å²) in [6.45, 7) is 6.10. The Hall–Kier alpha value is -2.34. The van der Waals surface area contributed by atoms with Crippen LogP contribution in [0.4, 0.5) is 5.69 Å². The molecule has 26 heavy (non-hydrogen) atoms. The number of benzene rings is 2. The van der Waals surface area contributed by atoms with Gasteiger partial charge in [0.25, 0.3) is 15.9 Å². The highest BCUT2D eigenvalue weighted by Gasteiger charge is 2.24. The van der Waals surface area contributed by atoms with Gasteiger partial charge in [0.15, 0.2) is 0 Å². The van der Waals surface area contributed by atoms with Crippen LogP contribution in [0, 0.1) is 0 Å². The molecule has 2 aromatic carbocycles. The lowest BCUT2D eigenvalue weighted by atomic mass is 10.1. The first-order chi connectivity index (χ1) is 12.4. The van der Waals surface area contributed by atoms with Crippen molar-refractivity contribution in [2.75, 3.05) is 10.8 Å². The number of amides is 1. The maximum Gasteiger partial charge on any atom is 0.264 e. The molecule has 0 unspecified atom stereocenters. The highest BCUT2D eigenvalue weighted by molar-refractivity contribution is 7.92. The van der Waals surface area contributed by atoms with Crippen LogP contribution >= 0.6 is 0 Å². The molecule has 2 rings (SSSR count). The summed E-state index contributed by atoms with van der Waals surface area (Å²) in [5.74, 6) is -0.251. The highest BCUT2D eigenvalue weighted by Crippen LogP contribution is 2.23. The van der Waals surface area contributed by atoms with Crippen LogP contribution in [0.5, 0.6) is 0 Å². The van der Waals surface area contributed by atoms with Crippen LogP contribution in [0.3, 0.4) is 0 Å². The Morgan fingerprint density at radius 3 is 2.23 bits per heavy atom.